The highest BCUT2D eigenvalue weighted by Gasteiger charge is 2.42. The lowest BCUT2D eigenvalue weighted by atomic mass is 10.0. The maximum atomic E-state index is 12.6. The highest BCUT2D eigenvalue weighted by molar-refractivity contribution is 7.09. The summed E-state index contributed by atoms with van der Waals surface area (Å²) in [7, 11) is 1.82. The second kappa shape index (κ2) is 5.72. The van der Waals surface area contributed by atoms with Crippen LogP contribution in [0.15, 0.2) is 17.6 Å². The molecule has 0 bridgehead atoms. The SMILES string of the molecule is Cc1nc(CN2C[C@H]3CN(C(=O)c4ccnn4C)C[C@@H]3C2)cs1. The van der Waals surface area contributed by atoms with Crippen molar-refractivity contribution in [3.63, 3.8) is 0 Å². The predicted molar refractivity (Wildman–Crippen MR) is 88.2 cm³/mol. The van der Waals surface area contributed by atoms with Gasteiger partial charge in [0.05, 0.1) is 10.7 Å². The summed E-state index contributed by atoms with van der Waals surface area (Å²) < 4.78 is 1.66. The van der Waals surface area contributed by atoms with Crippen LogP contribution in [0.1, 0.15) is 21.2 Å². The third-order valence-electron chi connectivity index (χ3n) is 4.94. The molecule has 4 rings (SSSR count). The number of likely N-dealkylation sites (tertiary alicyclic amines) is 2. The van der Waals surface area contributed by atoms with Crippen molar-refractivity contribution in [3.05, 3.63) is 34.0 Å². The lowest BCUT2D eigenvalue weighted by Crippen LogP contribution is -2.34. The molecule has 2 aromatic rings. The fourth-order valence-corrected chi connectivity index (χ4v) is 4.44. The van der Waals surface area contributed by atoms with E-state index >= 15 is 0 Å². The summed E-state index contributed by atoms with van der Waals surface area (Å²) in [6.45, 7) is 6.84. The largest absolute Gasteiger partial charge is 0.337 e. The molecule has 122 valence electrons. The minimum atomic E-state index is 0.112. The minimum absolute atomic E-state index is 0.112. The quantitative estimate of drug-likeness (QED) is 0.853. The van der Waals surface area contributed by atoms with Gasteiger partial charge in [0, 0.05) is 51.3 Å². The van der Waals surface area contributed by atoms with Crippen LogP contribution in [0.3, 0.4) is 0 Å². The van der Waals surface area contributed by atoms with Crippen molar-refractivity contribution >= 4 is 17.2 Å². The molecular formula is C16H21N5OS. The standard InChI is InChI=1S/C16H21N5OS/c1-11-18-14(10-23-11)9-20-5-12-7-21(8-13(12)6-20)16(22)15-3-4-17-19(15)2/h3-4,10,12-13H,5-9H2,1-2H3/t12-,13-/m0/s1. The van der Waals surface area contributed by atoms with E-state index in [0.717, 1.165) is 37.7 Å². The molecule has 0 saturated carbocycles. The third-order valence-corrected chi connectivity index (χ3v) is 5.76. The Hall–Kier alpha value is -1.73. The number of hydrogen-bond donors (Lipinski definition) is 0. The number of carbonyl (C=O) groups is 1. The molecule has 2 aromatic heterocycles. The summed E-state index contributed by atoms with van der Waals surface area (Å²) in [6, 6.07) is 1.80. The van der Waals surface area contributed by atoms with Crippen LogP contribution < -0.4 is 0 Å². The van der Waals surface area contributed by atoms with E-state index in [1.165, 1.54) is 5.69 Å². The Morgan fingerprint density at radius 3 is 2.61 bits per heavy atom. The van der Waals surface area contributed by atoms with E-state index in [4.69, 9.17) is 0 Å². The van der Waals surface area contributed by atoms with E-state index in [1.54, 1.807) is 28.3 Å². The third kappa shape index (κ3) is 2.79. The lowest BCUT2D eigenvalue weighted by Gasteiger charge is -2.21. The molecule has 0 N–H and O–H groups in total. The fraction of sp³-hybridized carbons (Fsp3) is 0.562. The number of thiazole rings is 1. The molecule has 4 heterocycles. The molecular weight excluding hydrogens is 310 g/mol. The van der Waals surface area contributed by atoms with E-state index in [-0.39, 0.29) is 5.91 Å². The van der Waals surface area contributed by atoms with E-state index in [0.29, 0.717) is 17.5 Å². The maximum absolute atomic E-state index is 12.6. The summed E-state index contributed by atoms with van der Waals surface area (Å²) in [5, 5.41) is 7.38. The van der Waals surface area contributed by atoms with E-state index in [9.17, 15) is 4.79 Å². The van der Waals surface area contributed by atoms with Gasteiger partial charge in [0.15, 0.2) is 0 Å². The van der Waals surface area contributed by atoms with Crippen molar-refractivity contribution in [3.8, 4) is 0 Å². The average Bonchev–Trinajstić information content (AvgIpc) is 3.23. The lowest BCUT2D eigenvalue weighted by molar-refractivity contribution is 0.0762. The number of rotatable bonds is 3. The van der Waals surface area contributed by atoms with Crippen LogP contribution in [0.4, 0.5) is 0 Å². The van der Waals surface area contributed by atoms with Gasteiger partial charge in [0.2, 0.25) is 0 Å². The molecule has 2 atom stereocenters. The van der Waals surface area contributed by atoms with Gasteiger partial charge in [-0.3, -0.25) is 14.4 Å². The zero-order chi connectivity index (χ0) is 16.0. The zero-order valence-electron chi connectivity index (χ0n) is 13.5. The summed E-state index contributed by atoms with van der Waals surface area (Å²) >= 11 is 1.71. The number of nitrogens with zero attached hydrogens (tertiary/aromatic N) is 5. The van der Waals surface area contributed by atoms with Crippen LogP contribution in [0.5, 0.6) is 0 Å². The molecule has 23 heavy (non-hydrogen) atoms. The van der Waals surface area contributed by atoms with Gasteiger partial charge < -0.3 is 4.90 Å². The fourth-order valence-electron chi connectivity index (χ4n) is 3.84. The first-order chi connectivity index (χ1) is 11.1. The van der Waals surface area contributed by atoms with E-state index < -0.39 is 0 Å². The van der Waals surface area contributed by atoms with Crippen molar-refractivity contribution in [2.45, 2.75) is 13.5 Å². The summed E-state index contributed by atoms with van der Waals surface area (Å²) in [5.41, 5.74) is 1.86. The first-order valence-electron chi connectivity index (χ1n) is 8.01. The Morgan fingerprint density at radius 1 is 1.30 bits per heavy atom. The summed E-state index contributed by atoms with van der Waals surface area (Å²) in [6.07, 6.45) is 1.68. The van der Waals surface area contributed by atoms with Gasteiger partial charge in [-0.2, -0.15) is 5.10 Å². The normalized spacial score (nSPS) is 24.3. The first-order valence-corrected chi connectivity index (χ1v) is 8.89. The van der Waals surface area contributed by atoms with Crippen LogP contribution in [-0.2, 0) is 13.6 Å². The van der Waals surface area contributed by atoms with Crippen molar-refractivity contribution in [1.29, 1.82) is 0 Å². The smallest absolute Gasteiger partial charge is 0.272 e. The van der Waals surface area contributed by atoms with Crippen molar-refractivity contribution < 1.29 is 4.79 Å². The van der Waals surface area contributed by atoms with Crippen LogP contribution in [0, 0.1) is 18.8 Å². The molecule has 2 fully saturated rings. The molecule has 0 spiro atoms. The molecule has 2 aliphatic rings. The Balaban J connectivity index is 1.36. The number of fused-ring (bicyclic) bond motifs is 1. The highest BCUT2D eigenvalue weighted by Crippen LogP contribution is 2.32. The predicted octanol–water partition coefficient (Wildman–Crippen LogP) is 1.39. The second-order valence-corrected chi connectivity index (χ2v) is 7.68. The molecule has 6 nitrogen and oxygen atoms in total. The van der Waals surface area contributed by atoms with Crippen LogP contribution in [0.2, 0.25) is 0 Å². The number of hydrogen-bond acceptors (Lipinski definition) is 5. The first kappa shape index (κ1) is 14.8. The number of aromatic nitrogens is 3. The molecule has 2 aliphatic heterocycles. The Morgan fingerprint density at radius 2 is 2.04 bits per heavy atom. The minimum Gasteiger partial charge on any atom is -0.337 e. The van der Waals surface area contributed by atoms with Gasteiger partial charge in [0.25, 0.3) is 5.91 Å². The average molecular weight is 331 g/mol. The van der Waals surface area contributed by atoms with Gasteiger partial charge in [-0.15, -0.1) is 11.3 Å². The van der Waals surface area contributed by atoms with E-state index in [2.05, 4.69) is 27.3 Å². The Bertz CT molecular complexity index is 710. The molecule has 7 heteroatoms. The van der Waals surface area contributed by atoms with Crippen molar-refractivity contribution in [2.75, 3.05) is 26.2 Å². The van der Waals surface area contributed by atoms with Gasteiger partial charge >= 0.3 is 0 Å². The molecule has 0 aliphatic carbocycles. The van der Waals surface area contributed by atoms with Crippen LogP contribution in [0.25, 0.3) is 0 Å². The van der Waals surface area contributed by atoms with Gasteiger partial charge in [-0.25, -0.2) is 4.98 Å². The highest BCUT2D eigenvalue weighted by atomic mass is 32.1. The van der Waals surface area contributed by atoms with Gasteiger partial charge in [0.1, 0.15) is 5.69 Å². The topological polar surface area (TPSA) is 54.3 Å². The molecule has 0 radical (unpaired) electrons. The number of carbonyl (C=O) groups excluding carboxylic acids is 1. The maximum Gasteiger partial charge on any atom is 0.272 e. The molecule has 2 saturated heterocycles. The second-order valence-electron chi connectivity index (χ2n) is 6.62. The van der Waals surface area contributed by atoms with Crippen LogP contribution >= 0.6 is 11.3 Å². The van der Waals surface area contributed by atoms with Crippen LogP contribution in [-0.4, -0.2) is 56.7 Å². The zero-order valence-corrected chi connectivity index (χ0v) is 14.3. The molecule has 0 aromatic carbocycles. The Labute approximate surface area is 139 Å². The van der Waals surface area contributed by atoms with Gasteiger partial charge in [-0.05, 0) is 24.8 Å². The molecule has 1 amide bonds. The number of aryl methyl sites for hydroxylation is 2. The summed E-state index contributed by atoms with van der Waals surface area (Å²) in [4.78, 5) is 21.6. The van der Waals surface area contributed by atoms with Crippen molar-refractivity contribution in [2.24, 2.45) is 18.9 Å². The summed E-state index contributed by atoms with van der Waals surface area (Å²) in [5.74, 6) is 1.29. The molecule has 0 unspecified atom stereocenters. The monoisotopic (exact) mass is 331 g/mol. The van der Waals surface area contributed by atoms with Crippen molar-refractivity contribution in [1.82, 2.24) is 24.6 Å². The van der Waals surface area contributed by atoms with Gasteiger partial charge in [-0.1, -0.05) is 0 Å². The number of amides is 1. The Kier molecular flexibility index (Phi) is 3.69. The van der Waals surface area contributed by atoms with E-state index in [1.807, 2.05) is 11.9 Å².